The first-order valence-corrected chi connectivity index (χ1v) is 7.09. The Morgan fingerprint density at radius 3 is 2.39 bits per heavy atom. The van der Waals surface area contributed by atoms with Gasteiger partial charge in [-0.15, -0.1) is 0 Å². The first kappa shape index (κ1) is 14.1. The van der Waals surface area contributed by atoms with Crippen molar-refractivity contribution in [2.24, 2.45) is 0 Å². The molecule has 0 bridgehead atoms. The molecule has 3 nitrogen and oxygen atoms in total. The average Bonchev–Trinajstić information content (AvgIpc) is 2.33. The molecule has 0 radical (unpaired) electrons. The molecule has 0 saturated carbocycles. The summed E-state index contributed by atoms with van der Waals surface area (Å²) < 4.78 is 0. The van der Waals surface area contributed by atoms with Gasteiger partial charge in [-0.05, 0) is 19.9 Å². The van der Waals surface area contributed by atoms with Gasteiger partial charge in [0, 0.05) is 44.3 Å². The molecule has 18 heavy (non-hydrogen) atoms. The van der Waals surface area contributed by atoms with Gasteiger partial charge in [0.05, 0.1) is 0 Å². The molecular formula is C13H19Cl2N3. The van der Waals surface area contributed by atoms with Crippen molar-refractivity contribution in [2.75, 3.05) is 26.2 Å². The van der Waals surface area contributed by atoms with Crippen LogP contribution in [0.3, 0.4) is 0 Å². The third kappa shape index (κ3) is 3.58. The van der Waals surface area contributed by atoms with Crippen LogP contribution >= 0.6 is 23.2 Å². The number of hydrogen-bond acceptors (Lipinski definition) is 3. The molecule has 1 aliphatic rings. The van der Waals surface area contributed by atoms with Gasteiger partial charge in [-0.25, -0.2) is 4.98 Å². The Morgan fingerprint density at radius 2 is 1.83 bits per heavy atom. The van der Waals surface area contributed by atoms with E-state index in [1.807, 2.05) is 6.07 Å². The molecule has 1 aromatic rings. The zero-order valence-electron chi connectivity index (χ0n) is 10.9. The molecule has 0 N–H and O–H groups in total. The Labute approximate surface area is 119 Å². The van der Waals surface area contributed by atoms with Crippen LogP contribution in [-0.2, 0) is 6.54 Å². The van der Waals surface area contributed by atoms with Crippen molar-refractivity contribution >= 4 is 23.2 Å². The minimum atomic E-state index is 0.452. The van der Waals surface area contributed by atoms with Crippen LogP contribution in [0.15, 0.2) is 12.1 Å². The second kappa shape index (κ2) is 6.20. The number of hydrogen-bond donors (Lipinski definition) is 0. The molecule has 0 aromatic carbocycles. The van der Waals surface area contributed by atoms with E-state index in [-0.39, 0.29) is 0 Å². The van der Waals surface area contributed by atoms with E-state index in [4.69, 9.17) is 23.2 Å². The van der Waals surface area contributed by atoms with Crippen molar-refractivity contribution in [1.29, 1.82) is 0 Å². The van der Waals surface area contributed by atoms with Crippen molar-refractivity contribution in [1.82, 2.24) is 14.8 Å². The molecule has 2 heterocycles. The average molecular weight is 288 g/mol. The van der Waals surface area contributed by atoms with Gasteiger partial charge in [0.25, 0.3) is 0 Å². The zero-order valence-corrected chi connectivity index (χ0v) is 12.4. The fraction of sp³-hybridized carbons (Fsp3) is 0.615. The van der Waals surface area contributed by atoms with Crippen LogP contribution in [0.4, 0.5) is 0 Å². The van der Waals surface area contributed by atoms with Gasteiger partial charge in [0.15, 0.2) is 0 Å². The molecule has 0 amide bonds. The summed E-state index contributed by atoms with van der Waals surface area (Å²) in [7, 11) is 0. The normalized spacial score (nSPS) is 18.5. The highest BCUT2D eigenvalue weighted by molar-refractivity contribution is 6.32. The van der Waals surface area contributed by atoms with Gasteiger partial charge in [0.1, 0.15) is 10.3 Å². The lowest BCUT2D eigenvalue weighted by Crippen LogP contribution is -2.48. The fourth-order valence-electron chi connectivity index (χ4n) is 2.24. The summed E-state index contributed by atoms with van der Waals surface area (Å²) in [5.74, 6) is 0. The van der Waals surface area contributed by atoms with E-state index >= 15 is 0 Å². The van der Waals surface area contributed by atoms with Crippen LogP contribution in [0.25, 0.3) is 0 Å². The number of aromatic nitrogens is 1. The minimum Gasteiger partial charge on any atom is -0.298 e. The van der Waals surface area contributed by atoms with Crippen LogP contribution in [0, 0.1) is 0 Å². The monoisotopic (exact) mass is 287 g/mol. The summed E-state index contributed by atoms with van der Waals surface area (Å²) in [5, 5.41) is 0.974. The molecule has 1 aliphatic heterocycles. The van der Waals surface area contributed by atoms with E-state index in [9.17, 15) is 0 Å². The highest BCUT2D eigenvalue weighted by Gasteiger charge is 2.19. The smallest absolute Gasteiger partial charge is 0.135 e. The van der Waals surface area contributed by atoms with Gasteiger partial charge in [-0.1, -0.05) is 29.3 Å². The first-order valence-electron chi connectivity index (χ1n) is 6.33. The van der Waals surface area contributed by atoms with Crippen molar-refractivity contribution in [3.63, 3.8) is 0 Å². The predicted octanol–water partition coefficient (Wildman–Crippen LogP) is 2.91. The van der Waals surface area contributed by atoms with Gasteiger partial charge in [-0.3, -0.25) is 9.80 Å². The summed E-state index contributed by atoms with van der Waals surface area (Å²) in [5.41, 5.74) is 1.05. The van der Waals surface area contributed by atoms with Crippen molar-refractivity contribution in [3.05, 3.63) is 28.0 Å². The van der Waals surface area contributed by atoms with Gasteiger partial charge >= 0.3 is 0 Å². The summed E-state index contributed by atoms with van der Waals surface area (Å²) in [6, 6.07) is 4.40. The first-order chi connectivity index (χ1) is 8.56. The number of pyridine rings is 1. The molecule has 1 fully saturated rings. The van der Waals surface area contributed by atoms with Gasteiger partial charge < -0.3 is 0 Å². The largest absolute Gasteiger partial charge is 0.298 e. The van der Waals surface area contributed by atoms with Crippen LogP contribution in [0.1, 0.15) is 19.4 Å². The van der Waals surface area contributed by atoms with E-state index in [1.54, 1.807) is 6.07 Å². The van der Waals surface area contributed by atoms with Gasteiger partial charge in [-0.2, -0.15) is 0 Å². The van der Waals surface area contributed by atoms with Crippen LogP contribution in [0.2, 0.25) is 10.3 Å². The zero-order chi connectivity index (χ0) is 13.1. The molecule has 0 unspecified atom stereocenters. The van der Waals surface area contributed by atoms with Crippen LogP contribution in [0.5, 0.6) is 0 Å². The summed E-state index contributed by atoms with van der Waals surface area (Å²) in [6.07, 6.45) is 0. The molecule has 100 valence electrons. The lowest BCUT2D eigenvalue weighted by molar-refractivity contribution is 0.104. The number of piperazine rings is 1. The van der Waals surface area contributed by atoms with Crippen LogP contribution < -0.4 is 0 Å². The Morgan fingerprint density at radius 1 is 1.17 bits per heavy atom. The third-order valence-corrected chi connectivity index (χ3v) is 3.96. The predicted molar refractivity (Wildman–Crippen MR) is 76.2 cm³/mol. The number of nitrogens with zero attached hydrogens (tertiary/aromatic N) is 3. The Kier molecular flexibility index (Phi) is 4.84. The molecule has 0 atom stereocenters. The maximum absolute atomic E-state index is 6.10. The van der Waals surface area contributed by atoms with Gasteiger partial charge in [0.2, 0.25) is 0 Å². The lowest BCUT2D eigenvalue weighted by Gasteiger charge is -2.36. The summed E-state index contributed by atoms with van der Waals surface area (Å²) >= 11 is 11.9. The van der Waals surface area contributed by atoms with Crippen molar-refractivity contribution in [2.45, 2.75) is 26.4 Å². The standard InChI is InChI=1S/C13H19Cl2N3/c1-10(2)18-7-5-17(6-8-18)9-11-3-4-12(14)16-13(11)15/h3-4,10H,5-9H2,1-2H3. The van der Waals surface area contributed by atoms with E-state index in [0.29, 0.717) is 16.3 Å². The topological polar surface area (TPSA) is 19.4 Å². The van der Waals surface area contributed by atoms with E-state index in [0.717, 1.165) is 38.3 Å². The molecule has 0 aliphatic carbocycles. The quantitative estimate of drug-likeness (QED) is 0.797. The Balaban J connectivity index is 1.91. The molecule has 2 rings (SSSR count). The van der Waals surface area contributed by atoms with E-state index < -0.39 is 0 Å². The summed E-state index contributed by atoms with van der Waals surface area (Å²) in [4.78, 5) is 8.99. The molecule has 5 heteroatoms. The molecular weight excluding hydrogens is 269 g/mol. The molecule has 0 spiro atoms. The lowest BCUT2D eigenvalue weighted by atomic mass is 10.2. The summed E-state index contributed by atoms with van der Waals surface area (Å²) in [6.45, 7) is 9.75. The van der Waals surface area contributed by atoms with E-state index in [2.05, 4.69) is 28.6 Å². The van der Waals surface area contributed by atoms with Crippen molar-refractivity contribution < 1.29 is 0 Å². The molecule has 1 saturated heterocycles. The second-order valence-electron chi connectivity index (χ2n) is 4.99. The highest BCUT2D eigenvalue weighted by Crippen LogP contribution is 2.19. The maximum Gasteiger partial charge on any atom is 0.135 e. The SMILES string of the molecule is CC(C)N1CCN(Cc2ccc(Cl)nc2Cl)CC1. The van der Waals surface area contributed by atoms with Crippen LogP contribution in [-0.4, -0.2) is 47.0 Å². The van der Waals surface area contributed by atoms with E-state index in [1.165, 1.54) is 0 Å². The minimum absolute atomic E-state index is 0.452. The maximum atomic E-state index is 6.10. The highest BCUT2D eigenvalue weighted by atomic mass is 35.5. The third-order valence-electron chi connectivity index (χ3n) is 3.42. The van der Waals surface area contributed by atoms with Crippen molar-refractivity contribution in [3.8, 4) is 0 Å². The molecule has 1 aromatic heterocycles. The number of rotatable bonds is 3. The Hall–Kier alpha value is -0.350. The second-order valence-corrected chi connectivity index (χ2v) is 5.74. The fourth-order valence-corrected chi connectivity index (χ4v) is 2.64. The Bertz CT molecular complexity index is 401. The number of halogens is 2.